The third-order valence-corrected chi connectivity index (χ3v) is 4.01. The molecule has 0 unspecified atom stereocenters. The minimum atomic E-state index is 0.573. The molecule has 5 heteroatoms. The zero-order valence-corrected chi connectivity index (χ0v) is 11.8. The largest absolute Gasteiger partial charge is 0.372 e. The van der Waals surface area contributed by atoms with Crippen LogP contribution < -0.4 is 5.32 Å². The van der Waals surface area contributed by atoms with Crippen molar-refractivity contribution in [3.63, 3.8) is 0 Å². The molecule has 0 saturated carbocycles. The number of thiophene rings is 1. The van der Waals surface area contributed by atoms with Crippen molar-refractivity contribution in [2.24, 2.45) is 0 Å². The molecule has 2 aromatic rings. The van der Waals surface area contributed by atoms with Gasteiger partial charge in [0.15, 0.2) is 0 Å². The molecule has 0 amide bonds. The second kappa shape index (κ2) is 4.86. The monoisotopic (exact) mass is 307 g/mol. The number of aryl methyl sites for hydroxylation is 1. The molecule has 17 heavy (non-hydrogen) atoms. The van der Waals surface area contributed by atoms with Crippen LogP contribution in [0.15, 0.2) is 22.0 Å². The molecule has 0 aliphatic heterocycles. The maximum absolute atomic E-state index is 9.00. The van der Waals surface area contributed by atoms with Crippen molar-refractivity contribution in [2.75, 3.05) is 12.4 Å². The Balaban J connectivity index is 2.60. The lowest BCUT2D eigenvalue weighted by Gasteiger charge is -2.07. The van der Waals surface area contributed by atoms with Crippen molar-refractivity contribution in [3.8, 4) is 16.6 Å². The lowest BCUT2D eigenvalue weighted by molar-refractivity contribution is 1.24. The topological polar surface area (TPSA) is 48.7 Å². The van der Waals surface area contributed by atoms with Gasteiger partial charge in [-0.25, -0.2) is 4.98 Å². The Bertz CT molecular complexity index is 598. The Morgan fingerprint density at radius 1 is 1.47 bits per heavy atom. The molecule has 0 saturated heterocycles. The van der Waals surface area contributed by atoms with E-state index in [2.05, 4.69) is 32.3 Å². The summed E-state index contributed by atoms with van der Waals surface area (Å²) in [6.07, 6.45) is 0. The molecule has 2 aromatic heterocycles. The van der Waals surface area contributed by atoms with E-state index in [9.17, 15) is 0 Å². The van der Waals surface area contributed by atoms with Crippen LogP contribution in [-0.2, 0) is 0 Å². The number of nitrogens with zero attached hydrogens (tertiary/aromatic N) is 2. The van der Waals surface area contributed by atoms with Gasteiger partial charge in [0.05, 0.1) is 19.9 Å². The SMILES string of the molecule is CNc1nc(-c2ccc(Br)s2)c(C)cc1C#N. The van der Waals surface area contributed by atoms with E-state index in [4.69, 9.17) is 5.26 Å². The summed E-state index contributed by atoms with van der Waals surface area (Å²) in [5.74, 6) is 0.623. The van der Waals surface area contributed by atoms with E-state index in [1.807, 2.05) is 25.1 Å². The van der Waals surface area contributed by atoms with Gasteiger partial charge >= 0.3 is 0 Å². The highest BCUT2D eigenvalue weighted by molar-refractivity contribution is 9.11. The molecule has 0 bridgehead atoms. The highest BCUT2D eigenvalue weighted by Gasteiger charge is 2.11. The fraction of sp³-hybridized carbons (Fsp3) is 0.167. The standard InChI is InChI=1S/C12H10BrN3S/c1-7-5-8(6-14)12(15-2)16-11(7)9-3-4-10(13)17-9/h3-5H,1-2H3,(H,15,16). The summed E-state index contributed by atoms with van der Waals surface area (Å²) in [5, 5.41) is 12.0. The summed E-state index contributed by atoms with van der Waals surface area (Å²) >= 11 is 5.07. The van der Waals surface area contributed by atoms with E-state index in [-0.39, 0.29) is 0 Å². The van der Waals surface area contributed by atoms with Crippen LogP contribution >= 0.6 is 27.3 Å². The van der Waals surface area contributed by atoms with Crippen LogP contribution in [0, 0.1) is 18.3 Å². The van der Waals surface area contributed by atoms with Gasteiger partial charge in [0, 0.05) is 7.05 Å². The van der Waals surface area contributed by atoms with E-state index in [0.29, 0.717) is 11.4 Å². The fourth-order valence-electron chi connectivity index (χ4n) is 1.58. The summed E-state index contributed by atoms with van der Waals surface area (Å²) in [6, 6.07) is 8.03. The zero-order valence-electron chi connectivity index (χ0n) is 9.41. The van der Waals surface area contributed by atoms with Crippen molar-refractivity contribution >= 4 is 33.1 Å². The van der Waals surface area contributed by atoms with E-state index in [0.717, 1.165) is 19.9 Å². The van der Waals surface area contributed by atoms with Crippen LogP contribution in [0.5, 0.6) is 0 Å². The summed E-state index contributed by atoms with van der Waals surface area (Å²) in [7, 11) is 1.77. The molecule has 86 valence electrons. The first kappa shape index (κ1) is 12.1. The van der Waals surface area contributed by atoms with Crippen LogP contribution in [0.25, 0.3) is 10.6 Å². The number of nitriles is 1. The first-order chi connectivity index (χ1) is 8.15. The van der Waals surface area contributed by atoms with Crippen LogP contribution in [-0.4, -0.2) is 12.0 Å². The number of pyridine rings is 1. The molecular formula is C12H10BrN3S. The number of anilines is 1. The van der Waals surface area contributed by atoms with Crippen molar-refractivity contribution in [1.82, 2.24) is 4.98 Å². The number of hydrogen-bond donors (Lipinski definition) is 1. The first-order valence-electron chi connectivity index (χ1n) is 5.01. The van der Waals surface area contributed by atoms with Gasteiger partial charge in [-0.05, 0) is 46.6 Å². The van der Waals surface area contributed by atoms with Gasteiger partial charge in [-0.15, -0.1) is 11.3 Å². The molecule has 0 aromatic carbocycles. The highest BCUT2D eigenvalue weighted by Crippen LogP contribution is 2.33. The van der Waals surface area contributed by atoms with Gasteiger partial charge in [-0.1, -0.05) is 0 Å². The van der Waals surface area contributed by atoms with Crippen molar-refractivity contribution < 1.29 is 0 Å². The summed E-state index contributed by atoms with van der Waals surface area (Å²) in [4.78, 5) is 5.59. The van der Waals surface area contributed by atoms with Gasteiger partial charge in [-0.3, -0.25) is 0 Å². The lowest BCUT2D eigenvalue weighted by atomic mass is 10.1. The Hall–Kier alpha value is -1.38. The number of rotatable bonds is 2. The predicted molar refractivity (Wildman–Crippen MR) is 74.2 cm³/mol. The molecule has 0 radical (unpaired) electrons. The van der Waals surface area contributed by atoms with Crippen molar-refractivity contribution in [2.45, 2.75) is 6.92 Å². The third-order valence-electron chi connectivity index (χ3n) is 2.38. The Morgan fingerprint density at radius 2 is 2.24 bits per heavy atom. The first-order valence-corrected chi connectivity index (χ1v) is 6.62. The molecule has 0 spiro atoms. The molecule has 2 rings (SSSR count). The number of halogens is 1. The van der Waals surface area contributed by atoms with Crippen LogP contribution in [0.1, 0.15) is 11.1 Å². The van der Waals surface area contributed by atoms with Crippen LogP contribution in [0.2, 0.25) is 0 Å². The van der Waals surface area contributed by atoms with E-state index < -0.39 is 0 Å². The fourth-order valence-corrected chi connectivity index (χ4v) is 3.02. The number of hydrogen-bond acceptors (Lipinski definition) is 4. The average molecular weight is 308 g/mol. The summed E-state index contributed by atoms with van der Waals surface area (Å²) in [5.41, 5.74) is 2.50. The highest BCUT2D eigenvalue weighted by atomic mass is 79.9. The second-order valence-electron chi connectivity index (χ2n) is 3.52. The van der Waals surface area contributed by atoms with Crippen molar-refractivity contribution in [1.29, 1.82) is 5.26 Å². The van der Waals surface area contributed by atoms with Crippen LogP contribution in [0.4, 0.5) is 5.82 Å². The van der Waals surface area contributed by atoms with Gasteiger partial charge in [-0.2, -0.15) is 5.26 Å². The lowest BCUT2D eigenvalue weighted by Crippen LogP contribution is -1.99. The minimum absolute atomic E-state index is 0.573. The average Bonchev–Trinajstić information content (AvgIpc) is 2.75. The predicted octanol–water partition coefficient (Wildman–Crippen LogP) is 3.79. The molecule has 0 aliphatic carbocycles. The van der Waals surface area contributed by atoms with E-state index in [1.54, 1.807) is 18.4 Å². The second-order valence-corrected chi connectivity index (χ2v) is 5.98. The van der Waals surface area contributed by atoms with Crippen molar-refractivity contribution in [3.05, 3.63) is 33.1 Å². The molecule has 0 atom stereocenters. The smallest absolute Gasteiger partial charge is 0.144 e. The van der Waals surface area contributed by atoms with E-state index in [1.165, 1.54) is 0 Å². The summed E-state index contributed by atoms with van der Waals surface area (Å²) < 4.78 is 1.07. The van der Waals surface area contributed by atoms with Crippen LogP contribution in [0.3, 0.4) is 0 Å². The normalized spacial score (nSPS) is 10.0. The quantitative estimate of drug-likeness (QED) is 0.918. The minimum Gasteiger partial charge on any atom is -0.372 e. The number of nitrogens with one attached hydrogen (secondary N) is 1. The molecule has 0 fully saturated rings. The summed E-state index contributed by atoms with van der Waals surface area (Å²) in [6.45, 7) is 1.97. The Labute approximate surface area is 112 Å². The van der Waals surface area contributed by atoms with Gasteiger partial charge in [0.25, 0.3) is 0 Å². The molecular weight excluding hydrogens is 298 g/mol. The Morgan fingerprint density at radius 3 is 2.76 bits per heavy atom. The van der Waals surface area contributed by atoms with Gasteiger partial charge in [0.1, 0.15) is 11.9 Å². The van der Waals surface area contributed by atoms with Gasteiger partial charge in [0.2, 0.25) is 0 Å². The van der Waals surface area contributed by atoms with Gasteiger partial charge < -0.3 is 5.32 Å². The third kappa shape index (κ3) is 2.33. The Kier molecular flexibility index (Phi) is 3.46. The zero-order chi connectivity index (χ0) is 12.4. The maximum Gasteiger partial charge on any atom is 0.144 e. The maximum atomic E-state index is 9.00. The number of aromatic nitrogens is 1. The molecule has 3 nitrogen and oxygen atoms in total. The van der Waals surface area contributed by atoms with E-state index >= 15 is 0 Å². The molecule has 1 N–H and O–H groups in total. The molecule has 2 heterocycles. The molecule has 0 aliphatic rings.